The van der Waals surface area contributed by atoms with Crippen molar-refractivity contribution in [3.63, 3.8) is 0 Å². The smallest absolute Gasteiger partial charge is 0.417 e. The van der Waals surface area contributed by atoms with Gasteiger partial charge in [0.1, 0.15) is 0 Å². The standard InChI is InChI=1S/C24H19F3N4O3/c25-24(26,27)17-11-20-21(29-12-17)31(19-9-10-28-13-19)23(34)30(20)18-7-5-15(6-8-18)14-1-3-16(4-2-14)22(32)33/h1-8,11-12,19,28H,9-10,13H2,(H,32,33)/t19-/m0/s1. The van der Waals surface area contributed by atoms with Gasteiger partial charge < -0.3 is 10.4 Å². The van der Waals surface area contributed by atoms with E-state index in [0.29, 0.717) is 25.2 Å². The van der Waals surface area contributed by atoms with Gasteiger partial charge >= 0.3 is 17.8 Å². The fraction of sp³-hybridized carbons (Fsp3) is 0.208. The van der Waals surface area contributed by atoms with Crippen molar-refractivity contribution in [2.45, 2.75) is 18.6 Å². The van der Waals surface area contributed by atoms with Crippen molar-refractivity contribution < 1.29 is 23.1 Å². The van der Waals surface area contributed by atoms with Crippen molar-refractivity contribution >= 4 is 17.1 Å². The zero-order valence-electron chi connectivity index (χ0n) is 17.7. The maximum absolute atomic E-state index is 13.4. The monoisotopic (exact) mass is 468 g/mol. The predicted molar refractivity (Wildman–Crippen MR) is 119 cm³/mol. The van der Waals surface area contributed by atoms with Crippen LogP contribution in [0.25, 0.3) is 28.0 Å². The van der Waals surface area contributed by atoms with Gasteiger partial charge in [0.2, 0.25) is 0 Å². The van der Waals surface area contributed by atoms with Crippen molar-refractivity contribution in [1.82, 2.24) is 19.4 Å². The summed E-state index contributed by atoms with van der Waals surface area (Å²) in [5, 5.41) is 12.2. The number of halogens is 3. The van der Waals surface area contributed by atoms with Gasteiger partial charge in [0.15, 0.2) is 5.65 Å². The number of pyridine rings is 1. The molecule has 0 saturated carbocycles. The molecule has 5 rings (SSSR count). The summed E-state index contributed by atoms with van der Waals surface area (Å²) >= 11 is 0. The number of alkyl halides is 3. The molecule has 0 spiro atoms. The highest BCUT2D eigenvalue weighted by atomic mass is 19.4. The third-order valence-corrected chi connectivity index (χ3v) is 6.03. The molecule has 10 heteroatoms. The molecule has 3 heterocycles. The maximum atomic E-state index is 13.4. The molecule has 1 aliphatic heterocycles. The van der Waals surface area contributed by atoms with Crippen molar-refractivity contribution in [2.24, 2.45) is 0 Å². The first-order chi connectivity index (χ1) is 16.2. The lowest BCUT2D eigenvalue weighted by Crippen LogP contribution is -2.28. The van der Waals surface area contributed by atoms with Crippen LogP contribution in [0.1, 0.15) is 28.4 Å². The van der Waals surface area contributed by atoms with Gasteiger partial charge in [0.25, 0.3) is 0 Å². The molecule has 0 amide bonds. The zero-order valence-corrected chi connectivity index (χ0v) is 17.7. The van der Waals surface area contributed by atoms with Gasteiger partial charge in [0.05, 0.1) is 28.4 Å². The quantitative estimate of drug-likeness (QED) is 0.471. The molecule has 34 heavy (non-hydrogen) atoms. The van der Waals surface area contributed by atoms with Crippen molar-refractivity contribution in [3.05, 3.63) is 82.4 Å². The Hall–Kier alpha value is -3.92. The minimum atomic E-state index is -4.59. The van der Waals surface area contributed by atoms with E-state index in [4.69, 9.17) is 5.11 Å². The van der Waals surface area contributed by atoms with E-state index >= 15 is 0 Å². The third kappa shape index (κ3) is 3.75. The average Bonchev–Trinajstić information content (AvgIpc) is 3.43. The van der Waals surface area contributed by atoms with Crippen LogP contribution in [-0.4, -0.2) is 38.3 Å². The number of aromatic carboxylic acids is 1. The van der Waals surface area contributed by atoms with Gasteiger partial charge in [-0.25, -0.2) is 14.6 Å². The van der Waals surface area contributed by atoms with E-state index in [1.165, 1.54) is 21.3 Å². The minimum Gasteiger partial charge on any atom is -0.478 e. The number of carbonyl (C=O) groups is 1. The summed E-state index contributed by atoms with van der Waals surface area (Å²) in [6.07, 6.45) is -3.16. The van der Waals surface area contributed by atoms with Crippen LogP contribution in [0.4, 0.5) is 13.2 Å². The molecular weight excluding hydrogens is 449 g/mol. The highest BCUT2D eigenvalue weighted by Gasteiger charge is 2.33. The molecular formula is C24H19F3N4O3. The van der Waals surface area contributed by atoms with Gasteiger partial charge in [-0.2, -0.15) is 13.2 Å². The molecule has 2 N–H and O–H groups in total. The van der Waals surface area contributed by atoms with Gasteiger partial charge in [-0.05, 0) is 54.4 Å². The van der Waals surface area contributed by atoms with Crippen LogP contribution in [0.2, 0.25) is 0 Å². The number of fused-ring (bicyclic) bond motifs is 1. The Morgan fingerprint density at radius 3 is 2.26 bits per heavy atom. The summed E-state index contributed by atoms with van der Waals surface area (Å²) < 4.78 is 42.9. The molecule has 1 aliphatic rings. The summed E-state index contributed by atoms with van der Waals surface area (Å²) in [5.41, 5.74) is 1.03. The first kappa shape index (κ1) is 21.9. The number of carboxylic acids is 1. The van der Waals surface area contributed by atoms with E-state index in [2.05, 4.69) is 10.3 Å². The molecule has 2 aromatic carbocycles. The van der Waals surface area contributed by atoms with Crippen molar-refractivity contribution in [3.8, 4) is 16.8 Å². The maximum Gasteiger partial charge on any atom is 0.417 e. The van der Waals surface area contributed by atoms with Crippen LogP contribution in [0.5, 0.6) is 0 Å². The summed E-state index contributed by atoms with van der Waals surface area (Å²) in [7, 11) is 0. The zero-order chi connectivity index (χ0) is 24.0. The summed E-state index contributed by atoms with van der Waals surface area (Å²) in [5.74, 6) is -1.03. The molecule has 1 atom stereocenters. The fourth-order valence-corrected chi connectivity index (χ4v) is 4.30. The van der Waals surface area contributed by atoms with Crippen LogP contribution in [0.15, 0.2) is 65.6 Å². The predicted octanol–water partition coefficient (Wildman–Crippen LogP) is 4.11. The Balaban J connectivity index is 1.63. The number of rotatable bonds is 4. The van der Waals surface area contributed by atoms with E-state index < -0.39 is 23.4 Å². The Bertz CT molecular complexity index is 1430. The van der Waals surface area contributed by atoms with Crippen LogP contribution in [-0.2, 0) is 6.18 Å². The average molecular weight is 468 g/mol. The molecule has 174 valence electrons. The Labute approximate surface area is 191 Å². The molecule has 7 nitrogen and oxygen atoms in total. The molecule has 4 aromatic rings. The van der Waals surface area contributed by atoms with Crippen LogP contribution in [0, 0.1) is 0 Å². The number of imidazole rings is 1. The molecule has 0 bridgehead atoms. The van der Waals surface area contributed by atoms with Crippen molar-refractivity contribution in [1.29, 1.82) is 0 Å². The summed E-state index contributed by atoms with van der Waals surface area (Å²) in [4.78, 5) is 28.5. The lowest BCUT2D eigenvalue weighted by Gasteiger charge is -2.10. The SMILES string of the molecule is O=C(O)c1ccc(-c2ccc(-n3c(=O)n([C@H]4CCNC4)c4ncc(C(F)(F)F)cc43)cc2)cc1. The largest absolute Gasteiger partial charge is 0.478 e. The van der Waals surface area contributed by atoms with Gasteiger partial charge in [-0.15, -0.1) is 0 Å². The minimum absolute atomic E-state index is 0.0882. The number of hydrogen-bond acceptors (Lipinski definition) is 4. The first-order valence-electron chi connectivity index (χ1n) is 10.6. The highest BCUT2D eigenvalue weighted by Crippen LogP contribution is 2.32. The van der Waals surface area contributed by atoms with E-state index in [1.54, 1.807) is 36.4 Å². The van der Waals surface area contributed by atoms with E-state index in [-0.39, 0.29) is 22.8 Å². The molecule has 1 fully saturated rings. The molecule has 0 aliphatic carbocycles. The van der Waals surface area contributed by atoms with Crippen molar-refractivity contribution in [2.75, 3.05) is 13.1 Å². The lowest BCUT2D eigenvalue weighted by molar-refractivity contribution is -0.137. The number of benzene rings is 2. The van der Waals surface area contributed by atoms with Crippen LogP contribution in [0.3, 0.4) is 0 Å². The van der Waals surface area contributed by atoms with Crippen LogP contribution < -0.4 is 11.0 Å². The first-order valence-corrected chi connectivity index (χ1v) is 10.6. The Kier molecular flexibility index (Phi) is 5.24. The molecule has 2 aromatic heterocycles. The van der Waals surface area contributed by atoms with E-state index in [1.807, 2.05) is 0 Å². The third-order valence-electron chi connectivity index (χ3n) is 6.03. The number of nitrogens with one attached hydrogen (secondary N) is 1. The van der Waals surface area contributed by atoms with Gasteiger partial charge in [0, 0.05) is 12.7 Å². The summed E-state index contributed by atoms with van der Waals surface area (Å²) in [6, 6.07) is 13.9. The van der Waals surface area contributed by atoms with E-state index in [0.717, 1.165) is 23.4 Å². The topological polar surface area (TPSA) is 89.1 Å². The van der Waals surface area contributed by atoms with Crippen LogP contribution >= 0.6 is 0 Å². The normalized spacial score (nSPS) is 16.3. The van der Waals surface area contributed by atoms with Gasteiger partial charge in [-0.1, -0.05) is 24.3 Å². The highest BCUT2D eigenvalue weighted by molar-refractivity contribution is 5.88. The number of hydrogen-bond donors (Lipinski definition) is 2. The van der Waals surface area contributed by atoms with E-state index in [9.17, 15) is 22.8 Å². The van der Waals surface area contributed by atoms with Gasteiger partial charge in [-0.3, -0.25) is 9.13 Å². The number of carboxylic acid groups (broad SMARTS) is 1. The molecule has 0 unspecified atom stereocenters. The second-order valence-corrected chi connectivity index (χ2v) is 8.13. The molecule has 1 saturated heterocycles. The number of aromatic nitrogens is 3. The second-order valence-electron chi connectivity index (χ2n) is 8.13. The Morgan fingerprint density at radius 2 is 1.71 bits per heavy atom. The summed E-state index contributed by atoms with van der Waals surface area (Å²) in [6.45, 7) is 1.24. The lowest BCUT2D eigenvalue weighted by atomic mass is 10.0. The Morgan fingerprint density at radius 1 is 1.06 bits per heavy atom. The molecule has 0 radical (unpaired) electrons. The second kappa shape index (κ2) is 8.14. The fourth-order valence-electron chi connectivity index (χ4n) is 4.30. The number of nitrogens with zero attached hydrogens (tertiary/aromatic N) is 3.